The molecule has 3 rings (SSSR count). The number of nitrogens with one attached hydrogen (secondary N) is 1. The summed E-state index contributed by atoms with van der Waals surface area (Å²) in [5.41, 5.74) is 0.185. The van der Waals surface area contributed by atoms with Crippen LogP contribution < -0.4 is 5.32 Å². The Morgan fingerprint density at radius 1 is 1.50 bits per heavy atom. The molecule has 0 spiro atoms. The molecule has 0 saturated carbocycles. The van der Waals surface area contributed by atoms with Gasteiger partial charge in [-0.05, 0) is 18.2 Å². The van der Waals surface area contributed by atoms with E-state index in [1.165, 1.54) is 12.1 Å². The van der Waals surface area contributed by atoms with E-state index < -0.39 is 11.6 Å². The van der Waals surface area contributed by atoms with Crippen LogP contribution in [0.15, 0.2) is 22.6 Å². The molecule has 7 nitrogen and oxygen atoms in total. The van der Waals surface area contributed by atoms with E-state index in [0.717, 1.165) is 0 Å². The molecule has 0 aliphatic carbocycles. The highest BCUT2D eigenvalue weighted by Gasteiger charge is 2.32. The second-order valence-corrected chi connectivity index (χ2v) is 4.89. The fourth-order valence-corrected chi connectivity index (χ4v) is 2.11. The van der Waals surface area contributed by atoms with Crippen molar-refractivity contribution in [3.8, 4) is 0 Å². The molecule has 2 aromatic rings. The molecule has 1 fully saturated rings. The summed E-state index contributed by atoms with van der Waals surface area (Å²) in [7, 11) is 0. The van der Waals surface area contributed by atoms with Crippen LogP contribution in [0, 0.1) is 0 Å². The average molecular weight is 278 g/mol. The van der Waals surface area contributed by atoms with Gasteiger partial charge in [-0.3, -0.25) is 0 Å². The standard InChI is InChI=1S/C13H14N2O5/c16-11(17)8-1-2-9-10(5-8)20-12(15-9)14-6-13(18)3-4-19-7-13/h1-2,5,18H,3-4,6-7H2,(H,14,15)(H,16,17). The van der Waals surface area contributed by atoms with Crippen molar-refractivity contribution in [2.45, 2.75) is 12.0 Å². The number of aliphatic hydroxyl groups is 1. The van der Waals surface area contributed by atoms with Crippen molar-refractivity contribution in [2.24, 2.45) is 0 Å². The van der Waals surface area contributed by atoms with E-state index in [-0.39, 0.29) is 24.7 Å². The van der Waals surface area contributed by atoms with E-state index in [2.05, 4.69) is 10.3 Å². The summed E-state index contributed by atoms with van der Waals surface area (Å²) in [6.07, 6.45) is 0.559. The third-order valence-electron chi connectivity index (χ3n) is 3.29. The summed E-state index contributed by atoms with van der Waals surface area (Å²) in [5.74, 6) is -1.02. The molecule has 1 aromatic heterocycles. The Kier molecular flexibility index (Phi) is 3.07. The lowest BCUT2D eigenvalue weighted by molar-refractivity contribution is 0.0378. The van der Waals surface area contributed by atoms with E-state index in [4.69, 9.17) is 14.3 Å². The molecule has 0 amide bonds. The van der Waals surface area contributed by atoms with Crippen molar-refractivity contribution in [2.75, 3.05) is 25.1 Å². The van der Waals surface area contributed by atoms with Crippen molar-refractivity contribution in [1.82, 2.24) is 4.98 Å². The number of aromatic nitrogens is 1. The highest BCUT2D eigenvalue weighted by Crippen LogP contribution is 2.23. The first-order valence-electron chi connectivity index (χ1n) is 6.24. The minimum Gasteiger partial charge on any atom is -0.478 e. The van der Waals surface area contributed by atoms with Gasteiger partial charge in [0.2, 0.25) is 0 Å². The normalized spacial score (nSPS) is 22.2. The van der Waals surface area contributed by atoms with Gasteiger partial charge < -0.3 is 24.7 Å². The number of carbonyl (C=O) groups is 1. The van der Waals surface area contributed by atoms with Crippen molar-refractivity contribution in [3.63, 3.8) is 0 Å². The van der Waals surface area contributed by atoms with Crippen molar-refractivity contribution < 1.29 is 24.2 Å². The number of hydrogen-bond acceptors (Lipinski definition) is 6. The van der Waals surface area contributed by atoms with E-state index >= 15 is 0 Å². The molecule has 1 unspecified atom stereocenters. The maximum Gasteiger partial charge on any atom is 0.335 e. The van der Waals surface area contributed by atoms with Crippen LogP contribution in [0.4, 0.5) is 6.01 Å². The Labute approximate surface area is 114 Å². The molecule has 3 N–H and O–H groups in total. The number of benzene rings is 1. The van der Waals surface area contributed by atoms with E-state index in [9.17, 15) is 9.90 Å². The highest BCUT2D eigenvalue weighted by atomic mass is 16.5. The Hall–Kier alpha value is -2.12. The molecule has 106 valence electrons. The number of carboxylic acids is 1. The van der Waals surface area contributed by atoms with Crippen LogP contribution in [0.1, 0.15) is 16.8 Å². The molecule has 0 radical (unpaired) electrons. The molecule has 1 aliphatic rings. The molecule has 1 aromatic carbocycles. The summed E-state index contributed by atoms with van der Waals surface area (Å²) in [5, 5.41) is 21.9. The van der Waals surface area contributed by atoms with Crippen molar-refractivity contribution >= 4 is 23.1 Å². The predicted octanol–water partition coefficient (Wildman–Crippen LogP) is 1.09. The van der Waals surface area contributed by atoms with Crippen LogP contribution in [0.5, 0.6) is 0 Å². The van der Waals surface area contributed by atoms with Gasteiger partial charge >= 0.3 is 5.97 Å². The number of anilines is 1. The second kappa shape index (κ2) is 4.77. The summed E-state index contributed by atoms with van der Waals surface area (Å²) in [6, 6.07) is 4.72. The van der Waals surface area contributed by atoms with Gasteiger partial charge in [0.1, 0.15) is 11.1 Å². The van der Waals surface area contributed by atoms with Gasteiger partial charge in [-0.15, -0.1) is 0 Å². The van der Waals surface area contributed by atoms with E-state index in [0.29, 0.717) is 24.1 Å². The summed E-state index contributed by atoms with van der Waals surface area (Å²) >= 11 is 0. The topological polar surface area (TPSA) is 105 Å². The van der Waals surface area contributed by atoms with Crippen LogP contribution in [0.25, 0.3) is 11.1 Å². The number of oxazole rings is 1. The lowest BCUT2D eigenvalue weighted by Gasteiger charge is -2.19. The Bertz CT molecular complexity index is 645. The molecular weight excluding hydrogens is 264 g/mol. The number of nitrogens with zero attached hydrogens (tertiary/aromatic N) is 1. The molecular formula is C13H14N2O5. The Morgan fingerprint density at radius 3 is 3.05 bits per heavy atom. The second-order valence-electron chi connectivity index (χ2n) is 4.89. The predicted molar refractivity (Wildman–Crippen MR) is 69.8 cm³/mol. The van der Waals surface area contributed by atoms with E-state index in [1.54, 1.807) is 6.07 Å². The van der Waals surface area contributed by atoms with Gasteiger partial charge in [-0.2, -0.15) is 4.98 Å². The average Bonchev–Trinajstić information content (AvgIpc) is 3.01. The lowest BCUT2D eigenvalue weighted by atomic mass is 10.0. The summed E-state index contributed by atoms with van der Waals surface area (Å²) in [4.78, 5) is 15.1. The largest absolute Gasteiger partial charge is 0.478 e. The first-order valence-corrected chi connectivity index (χ1v) is 6.24. The number of ether oxygens (including phenoxy) is 1. The number of aromatic carboxylic acids is 1. The minimum atomic E-state index is -1.02. The molecule has 7 heteroatoms. The van der Waals surface area contributed by atoms with Gasteiger partial charge in [-0.1, -0.05) is 0 Å². The maximum absolute atomic E-state index is 10.9. The Balaban J connectivity index is 1.77. The number of rotatable bonds is 4. The van der Waals surface area contributed by atoms with E-state index in [1.807, 2.05) is 0 Å². The fourth-order valence-electron chi connectivity index (χ4n) is 2.11. The quantitative estimate of drug-likeness (QED) is 0.768. The smallest absolute Gasteiger partial charge is 0.335 e. The van der Waals surface area contributed by atoms with Crippen LogP contribution in [-0.4, -0.2) is 46.5 Å². The van der Waals surface area contributed by atoms with Crippen LogP contribution >= 0.6 is 0 Å². The number of hydrogen-bond donors (Lipinski definition) is 3. The summed E-state index contributed by atoms with van der Waals surface area (Å²) in [6.45, 7) is 1.09. The maximum atomic E-state index is 10.9. The SMILES string of the molecule is O=C(O)c1ccc2nc(NCC3(O)CCOC3)oc2c1. The first-order chi connectivity index (χ1) is 9.56. The van der Waals surface area contributed by atoms with Crippen LogP contribution in [-0.2, 0) is 4.74 Å². The molecule has 20 heavy (non-hydrogen) atoms. The van der Waals surface area contributed by atoms with Gasteiger partial charge in [0.25, 0.3) is 6.01 Å². The monoisotopic (exact) mass is 278 g/mol. The molecule has 2 heterocycles. The zero-order valence-electron chi connectivity index (χ0n) is 10.6. The zero-order chi connectivity index (χ0) is 14.2. The zero-order valence-corrected chi connectivity index (χ0v) is 10.6. The Morgan fingerprint density at radius 2 is 2.35 bits per heavy atom. The van der Waals surface area contributed by atoms with Crippen molar-refractivity contribution in [3.05, 3.63) is 23.8 Å². The molecule has 1 aliphatic heterocycles. The lowest BCUT2D eigenvalue weighted by Crippen LogP contribution is -2.37. The highest BCUT2D eigenvalue weighted by molar-refractivity contribution is 5.92. The minimum absolute atomic E-state index is 0.142. The molecule has 1 atom stereocenters. The van der Waals surface area contributed by atoms with Crippen LogP contribution in [0.2, 0.25) is 0 Å². The van der Waals surface area contributed by atoms with Gasteiger partial charge in [0.05, 0.1) is 18.7 Å². The van der Waals surface area contributed by atoms with Crippen molar-refractivity contribution in [1.29, 1.82) is 0 Å². The van der Waals surface area contributed by atoms with Gasteiger partial charge in [0, 0.05) is 13.0 Å². The third-order valence-corrected chi connectivity index (χ3v) is 3.29. The van der Waals surface area contributed by atoms with Crippen LogP contribution in [0.3, 0.4) is 0 Å². The fraction of sp³-hybridized carbons (Fsp3) is 0.385. The number of fused-ring (bicyclic) bond motifs is 1. The summed E-state index contributed by atoms with van der Waals surface area (Å²) < 4.78 is 10.6. The molecule has 0 bridgehead atoms. The van der Waals surface area contributed by atoms with Gasteiger partial charge in [-0.25, -0.2) is 4.79 Å². The first kappa shape index (κ1) is 12.9. The molecule has 1 saturated heterocycles. The van der Waals surface area contributed by atoms with Gasteiger partial charge in [0.15, 0.2) is 5.58 Å². The third kappa shape index (κ3) is 2.45. The number of carboxylic acid groups (broad SMARTS) is 1.